The van der Waals surface area contributed by atoms with Crippen molar-refractivity contribution >= 4 is 24.0 Å². The Morgan fingerprint density at radius 2 is 1.75 bits per heavy atom. The van der Waals surface area contributed by atoms with E-state index in [1.54, 1.807) is 0 Å². The molecule has 1 aliphatic rings. The Hall–Kier alpha value is -0.280. The fourth-order valence-electron chi connectivity index (χ4n) is 1.93. The number of aliphatic hydroxyl groups excluding tert-OH is 1. The molecule has 0 saturated carbocycles. The summed E-state index contributed by atoms with van der Waals surface area (Å²) >= 11 is 5.83. The van der Waals surface area contributed by atoms with Crippen LogP contribution in [-0.4, -0.2) is 29.2 Å². The highest BCUT2D eigenvalue weighted by atomic mass is 35.5. The van der Waals surface area contributed by atoms with Crippen molar-refractivity contribution in [1.29, 1.82) is 0 Å². The zero-order chi connectivity index (χ0) is 10.7. The minimum atomic E-state index is -0.0912. The van der Waals surface area contributed by atoms with Gasteiger partial charge in [0.25, 0.3) is 0 Å². The van der Waals surface area contributed by atoms with Gasteiger partial charge in [-0.1, -0.05) is 23.7 Å². The standard InChI is InChI=1S/C12H16ClNO.ClH/c13-11-3-1-10(2-4-11)9-14-7-5-12(15)6-8-14;/h1-4,12,15H,5-9H2;1H. The highest BCUT2D eigenvalue weighted by Gasteiger charge is 2.16. The second-order valence-electron chi connectivity index (χ2n) is 4.13. The maximum Gasteiger partial charge on any atom is 0.0564 e. The quantitative estimate of drug-likeness (QED) is 0.885. The van der Waals surface area contributed by atoms with E-state index in [-0.39, 0.29) is 18.5 Å². The summed E-state index contributed by atoms with van der Waals surface area (Å²) in [7, 11) is 0. The molecule has 1 aromatic carbocycles. The van der Waals surface area contributed by atoms with Gasteiger partial charge in [0.2, 0.25) is 0 Å². The number of aliphatic hydroxyl groups is 1. The van der Waals surface area contributed by atoms with Crippen LogP contribution in [0.2, 0.25) is 5.02 Å². The van der Waals surface area contributed by atoms with E-state index in [1.165, 1.54) is 5.56 Å². The summed E-state index contributed by atoms with van der Waals surface area (Å²) in [5.74, 6) is 0. The van der Waals surface area contributed by atoms with E-state index in [2.05, 4.69) is 17.0 Å². The van der Waals surface area contributed by atoms with E-state index in [9.17, 15) is 5.11 Å². The summed E-state index contributed by atoms with van der Waals surface area (Å²) in [6.07, 6.45) is 1.70. The summed E-state index contributed by atoms with van der Waals surface area (Å²) in [6.45, 7) is 2.94. The van der Waals surface area contributed by atoms with Crippen LogP contribution in [0, 0.1) is 0 Å². The maximum atomic E-state index is 9.39. The molecular weight excluding hydrogens is 245 g/mol. The molecular formula is C12H17Cl2NO. The van der Waals surface area contributed by atoms with E-state index in [1.807, 2.05) is 12.1 Å². The molecule has 90 valence electrons. The first-order valence-electron chi connectivity index (χ1n) is 5.39. The van der Waals surface area contributed by atoms with E-state index >= 15 is 0 Å². The molecule has 1 fully saturated rings. The number of hydrogen-bond acceptors (Lipinski definition) is 2. The molecule has 1 heterocycles. The fraction of sp³-hybridized carbons (Fsp3) is 0.500. The molecule has 0 amide bonds. The Morgan fingerprint density at radius 3 is 2.31 bits per heavy atom. The third-order valence-electron chi connectivity index (χ3n) is 2.88. The van der Waals surface area contributed by atoms with Gasteiger partial charge in [0.1, 0.15) is 0 Å². The van der Waals surface area contributed by atoms with Crippen LogP contribution in [0.3, 0.4) is 0 Å². The molecule has 1 N–H and O–H groups in total. The van der Waals surface area contributed by atoms with Crippen LogP contribution in [0.5, 0.6) is 0 Å². The lowest BCUT2D eigenvalue weighted by Gasteiger charge is -2.29. The second-order valence-corrected chi connectivity index (χ2v) is 4.57. The zero-order valence-corrected chi connectivity index (χ0v) is 10.7. The number of rotatable bonds is 2. The van der Waals surface area contributed by atoms with Gasteiger partial charge in [0, 0.05) is 24.7 Å². The van der Waals surface area contributed by atoms with Crippen molar-refractivity contribution in [1.82, 2.24) is 4.90 Å². The van der Waals surface area contributed by atoms with Crippen molar-refractivity contribution in [2.75, 3.05) is 13.1 Å². The lowest BCUT2D eigenvalue weighted by molar-refractivity contribution is 0.0792. The number of halogens is 2. The largest absolute Gasteiger partial charge is 0.393 e. The minimum Gasteiger partial charge on any atom is -0.393 e. The number of likely N-dealkylation sites (tertiary alicyclic amines) is 1. The summed E-state index contributed by atoms with van der Waals surface area (Å²) in [4.78, 5) is 2.37. The van der Waals surface area contributed by atoms with Crippen LogP contribution in [-0.2, 0) is 6.54 Å². The smallest absolute Gasteiger partial charge is 0.0564 e. The van der Waals surface area contributed by atoms with Crippen molar-refractivity contribution < 1.29 is 5.11 Å². The second kappa shape index (κ2) is 6.45. The van der Waals surface area contributed by atoms with Crippen molar-refractivity contribution in [2.24, 2.45) is 0 Å². The normalized spacial score (nSPS) is 18.1. The molecule has 4 heteroatoms. The Morgan fingerprint density at radius 1 is 1.19 bits per heavy atom. The molecule has 0 unspecified atom stereocenters. The SMILES string of the molecule is Cl.OC1CCN(Cc2ccc(Cl)cc2)CC1. The molecule has 1 aliphatic heterocycles. The van der Waals surface area contributed by atoms with Crippen LogP contribution in [0.4, 0.5) is 0 Å². The van der Waals surface area contributed by atoms with Gasteiger partial charge in [-0.3, -0.25) is 4.90 Å². The average molecular weight is 262 g/mol. The van der Waals surface area contributed by atoms with E-state index in [4.69, 9.17) is 11.6 Å². The first kappa shape index (κ1) is 13.8. The lowest BCUT2D eigenvalue weighted by Crippen LogP contribution is -2.35. The van der Waals surface area contributed by atoms with Gasteiger partial charge in [0.05, 0.1) is 6.10 Å². The van der Waals surface area contributed by atoms with Gasteiger partial charge in [-0.05, 0) is 30.5 Å². The maximum absolute atomic E-state index is 9.39. The molecule has 1 saturated heterocycles. The molecule has 2 rings (SSSR count). The first-order valence-corrected chi connectivity index (χ1v) is 5.77. The van der Waals surface area contributed by atoms with E-state index in [0.717, 1.165) is 37.5 Å². The minimum absolute atomic E-state index is 0. The number of hydrogen-bond donors (Lipinski definition) is 1. The Balaban J connectivity index is 0.00000128. The van der Waals surface area contributed by atoms with Crippen LogP contribution >= 0.6 is 24.0 Å². The average Bonchev–Trinajstić information content (AvgIpc) is 2.25. The fourth-order valence-corrected chi connectivity index (χ4v) is 2.05. The lowest BCUT2D eigenvalue weighted by atomic mass is 10.1. The molecule has 2 nitrogen and oxygen atoms in total. The Labute approximate surface area is 108 Å². The van der Waals surface area contributed by atoms with Gasteiger partial charge in [-0.15, -0.1) is 12.4 Å². The Bertz CT molecular complexity index is 307. The molecule has 0 aromatic heterocycles. The zero-order valence-electron chi connectivity index (χ0n) is 9.10. The van der Waals surface area contributed by atoms with E-state index < -0.39 is 0 Å². The van der Waals surface area contributed by atoms with Crippen molar-refractivity contribution in [3.05, 3.63) is 34.9 Å². The predicted octanol–water partition coefficient (Wildman–Crippen LogP) is 2.72. The van der Waals surface area contributed by atoms with Gasteiger partial charge < -0.3 is 5.11 Å². The molecule has 0 radical (unpaired) electrons. The first-order chi connectivity index (χ1) is 7.24. The van der Waals surface area contributed by atoms with Gasteiger partial charge >= 0.3 is 0 Å². The summed E-state index contributed by atoms with van der Waals surface area (Å²) in [6, 6.07) is 7.98. The molecule has 0 bridgehead atoms. The number of piperidine rings is 1. The predicted molar refractivity (Wildman–Crippen MR) is 69.2 cm³/mol. The highest BCUT2D eigenvalue weighted by Crippen LogP contribution is 2.15. The van der Waals surface area contributed by atoms with Gasteiger partial charge in [-0.2, -0.15) is 0 Å². The number of nitrogens with zero attached hydrogens (tertiary/aromatic N) is 1. The van der Waals surface area contributed by atoms with Crippen LogP contribution in [0.15, 0.2) is 24.3 Å². The van der Waals surface area contributed by atoms with Crippen molar-refractivity contribution in [2.45, 2.75) is 25.5 Å². The van der Waals surface area contributed by atoms with Crippen molar-refractivity contribution in [3.8, 4) is 0 Å². The number of benzene rings is 1. The highest BCUT2D eigenvalue weighted by molar-refractivity contribution is 6.30. The molecule has 0 atom stereocenters. The van der Waals surface area contributed by atoms with Crippen LogP contribution < -0.4 is 0 Å². The van der Waals surface area contributed by atoms with Crippen LogP contribution in [0.1, 0.15) is 18.4 Å². The molecule has 0 aliphatic carbocycles. The summed E-state index contributed by atoms with van der Waals surface area (Å²) in [5, 5.41) is 10.2. The monoisotopic (exact) mass is 261 g/mol. The van der Waals surface area contributed by atoms with E-state index in [0.29, 0.717) is 0 Å². The molecule has 16 heavy (non-hydrogen) atoms. The third kappa shape index (κ3) is 3.95. The molecule has 1 aromatic rings. The summed E-state index contributed by atoms with van der Waals surface area (Å²) < 4.78 is 0. The Kier molecular flexibility index (Phi) is 5.56. The van der Waals surface area contributed by atoms with Crippen LogP contribution in [0.25, 0.3) is 0 Å². The van der Waals surface area contributed by atoms with Gasteiger partial charge in [-0.25, -0.2) is 0 Å². The van der Waals surface area contributed by atoms with Crippen molar-refractivity contribution in [3.63, 3.8) is 0 Å². The van der Waals surface area contributed by atoms with Gasteiger partial charge in [0.15, 0.2) is 0 Å². The summed E-state index contributed by atoms with van der Waals surface area (Å²) in [5.41, 5.74) is 1.29. The molecule has 0 spiro atoms. The topological polar surface area (TPSA) is 23.5 Å². The third-order valence-corrected chi connectivity index (χ3v) is 3.13.